The van der Waals surface area contributed by atoms with E-state index in [1.54, 1.807) is 23.1 Å². The highest BCUT2D eigenvalue weighted by Gasteiger charge is 2.43. The number of aromatic nitrogens is 1. The lowest BCUT2D eigenvalue weighted by atomic mass is 9.93. The number of amides is 2. The monoisotopic (exact) mass is 463 g/mol. The molecule has 2 aromatic carbocycles. The highest BCUT2D eigenvalue weighted by molar-refractivity contribution is 5.97. The van der Waals surface area contributed by atoms with Crippen molar-refractivity contribution in [2.75, 3.05) is 13.1 Å². The summed E-state index contributed by atoms with van der Waals surface area (Å²) < 4.78 is 18.7. The van der Waals surface area contributed by atoms with Crippen molar-refractivity contribution in [3.05, 3.63) is 77.7 Å². The van der Waals surface area contributed by atoms with E-state index in [4.69, 9.17) is 4.52 Å². The molecule has 178 valence electrons. The molecule has 4 rings (SSSR count). The number of hydrogen-bond acceptors (Lipinski definition) is 4. The molecule has 1 aliphatic heterocycles. The molecule has 7 heteroatoms. The SMILES string of the molecule is CCCN1C(=O)C(CC(C)C)N(C(=O)c2cc(-c3ccc(F)cc3)on2)C[C@@H]1c1ccccc1. The summed E-state index contributed by atoms with van der Waals surface area (Å²) in [6, 6.07) is 16.4. The van der Waals surface area contributed by atoms with Crippen molar-refractivity contribution in [2.45, 2.75) is 45.7 Å². The van der Waals surface area contributed by atoms with E-state index in [9.17, 15) is 14.0 Å². The Morgan fingerprint density at radius 3 is 2.50 bits per heavy atom. The van der Waals surface area contributed by atoms with E-state index in [-0.39, 0.29) is 35.3 Å². The lowest BCUT2D eigenvalue weighted by Gasteiger charge is -2.46. The van der Waals surface area contributed by atoms with Crippen molar-refractivity contribution in [3.63, 3.8) is 0 Å². The van der Waals surface area contributed by atoms with E-state index in [1.165, 1.54) is 12.1 Å². The summed E-state index contributed by atoms with van der Waals surface area (Å²) in [5.74, 6) is -0.127. The number of benzene rings is 2. The Kier molecular flexibility index (Phi) is 7.10. The lowest BCUT2D eigenvalue weighted by molar-refractivity contribution is -0.145. The summed E-state index contributed by atoms with van der Waals surface area (Å²) in [6.07, 6.45) is 1.40. The summed E-state index contributed by atoms with van der Waals surface area (Å²) in [5.41, 5.74) is 1.76. The van der Waals surface area contributed by atoms with E-state index in [2.05, 4.69) is 12.1 Å². The zero-order valence-electron chi connectivity index (χ0n) is 19.8. The predicted octanol–water partition coefficient (Wildman–Crippen LogP) is 5.33. The Hall–Kier alpha value is -3.48. The third-order valence-electron chi connectivity index (χ3n) is 6.15. The van der Waals surface area contributed by atoms with Gasteiger partial charge in [0.25, 0.3) is 5.91 Å². The van der Waals surface area contributed by atoms with Gasteiger partial charge in [-0.25, -0.2) is 4.39 Å². The van der Waals surface area contributed by atoms with Crippen LogP contribution in [-0.4, -0.2) is 45.9 Å². The molecule has 1 unspecified atom stereocenters. The molecule has 34 heavy (non-hydrogen) atoms. The maximum Gasteiger partial charge on any atom is 0.276 e. The highest BCUT2D eigenvalue weighted by Crippen LogP contribution is 2.33. The van der Waals surface area contributed by atoms with Gasteiger partial charge in [-0.1, -0.05) is 56.3 Å². The van der Waals surface area contributed by atoms with Gasteiger partial charge in [0.2, 0.25) is 5.91 Å². The van der Waals surface area contributed by atoms with Crippen LogP contribution >= 0.6 is 0 Å². The van der Waals surface area contributed by atoms with Gasteiger partial charge in [0.15, 0.2) is 11.5 Å². The largest absolute Gasteiger partial charge is 0.355 e. The summed E-state index contributed by atoms with van der Waals surface area (Å²) in [7, 11) is 0. The fraction of sp³-hybridized carbons (Fsp3) is 0.370. The molecular weight excluding hydrogens is 433 g/mol. The van der Waals surface area contributed by atoms with Gasteiger partial charge < -0.3 is 14.3 Å². The second-order valence-corrected chi connectivity index (χ2v) is 9.14. The quantitative estimate of drug-likeness (QED) is 0.475. The zero-order chi connectivity index (χ0) is 24.2. The summed E-state index contributed by atoms with van der Waals surface area (Å²) in [6.45, 7) is 7.16. The molecule has 1 aromatic heterocycles. The first-order valence-corrected chi connectivity index (χ1v) is 11.8. The van der Waals surface area contributed by atoms with Gasteiger partial charge in [-0.15, -0.1) is 0 Å². The van der Waals surface area contributed by atoms with Crippen LogP contribution in [0.2, 0.25) is 0 Å². The fourth-order valence-electron chi connectivity index (χ4n) is 4.53. The molecule has 2 amide bonds. The van der Waals surface area contributed by atoms with Crippen LogP contribution in [0.3, 0.4) is 0 Å². The number of carbonyl (C=O) groups is 2. The lowest BCUT2D eigenvalue weighted by Crippen LogP contribution is -2.60. The van der Waals surface area contributed by atoms with Crippen LogP contribution in [0.15, 0.2) is 65.2 Å². The molecular formula is C27H30FN3O3. The molecule has 6 nitrogen and oxygen atoms in total. The van der Waals surface area contributed by atoms with Gasteiger partial charge in [-0.3, -0.25) is 9.59 Å². The standard InChI is InChI=1S/C27H30FN3O3/c1-4-14-30-24(19-8-6-5-7-9-19)17-31(23(27(30)33)15-18(2)3)26(32)22-16-25(34-29-22)20-10-12-21(28)13-11-20/h5-13,16,18,23-24H,4,14-15,17H2,1-3H3/t23?,24-/m1/s1. The second kappa shape index (κ2) is 10.2. The van der Waals surface area contributed by atoms with Crippen molar-refractivity contribution in [1.29, 1.82) is 0 Å². The van der Waals surface area contributed by atoms with E-state index < -0.39 is 6.04 Å². The van der Waals surface area contributed by atoms with Crippen LogP contribution in [0, 0.1) is 11.7 Å². The van der Waals surface area contributed by atoms with Gasteiger partial charge >= 0.3 is 0 Å². The molecule has 0 spiro atoms. The topological polar surface area (TPSA) is 66.7 Å². The Morgan fingerprint density at radius 2 is 1.85 bits per heavy atom. The third-order valence-corrected chi connectivity index (χ3v) is 6.15. The van der Waals surface area contributed by atoms with Crippen LogP contribution in [-0.2, 0) is 4.79 Å². The molecule has 0 saturated carbocycles. The number of piperazine rings is 1. The number of rotatable bonds is 7. The van der Waals surface area contributed by atoms with Crippen molar-refractivity contribution in [1.82, 2.24) is 15.0 Å². The van der Waals surface area contributed by atoms with E-state index in [0.29, 0.717) is 30.8 Å². The second-order valence-electron chi connectivity index (χ2n) is 9.14. The van der Waals surface area contributed by atoms with Crippen molar-refractivity contribution >= 4 is 11.8 Å². The van der Waals surface area contributed by atoms with E-state index in [1.807, 2.05) is 49.1 Å². The van der Waals surface area contributed by atoms with Gasteiger partial charge in [0, 0.05) is 24.7 Å². The Bertz CT molecular complexity index is 1130. The molecule has 0 N–H and O–H groups in total. The summed E-state index contributed by atoms with van der Waals surface area (Å²) >= 11 is 0. The minimum Gasteiger partial charge on any atom is -0.355 e. The molecule has 0 radical (unpaired) electrons. The maximum absolute atomic E-state index is 13.7. The van der Waals surface area contributed by atoms with Gasteiger partial charge in [0.05, 0.1) is 6.04 Å². The molecule has 1 fully saturated rings. The van der Waals surface area contributed by atoms with E-state index in [0.717, 1.165) is 12.0 Å². The predicted molar refractivity (Wildman–Crippen MR) is 127 cm³/mol. The van der Waals surface area contributed by atoms with Crippen molar-refractivity contribution in [2.24, 2.45) is 5.92 Å². The first kappa shape index (κ1) is 23.7. The minimum absolute atomic E-state index is 0.0359. The van der Waals surface area contributed by atoms with Gasteiger partial charge in [-0.2, -0.15) is 0 Å². The number of hydrogen-bond donors (Lipinski definition) is 0. The van der Waals surface area contributed by atoms with Crippen LogP contribution in [0.1, 0.15) is 55.7 Å². The third kappa shape index (κ3) is 4.88. The Balaban J connectivity index is 1.68. The molecule has 0 bridgehead atoms. The molecule has 2 heterocycles. The van der Waals surface area contributed by atoms with Crippen LogP contribution in [0.4, 0.5) is 4.39 Å². The molecule has 1 aliphatic rings. The highest BCUT2D eigenvalue weighted by atomic mass is 19.1. The molecule has 3 aromatic rings. The number of halogens is 1. The van der Waals surface area contributed by atoms with Crippen molar-refractivity contribution in [3.8, 4) is 11.3 Å². The molecule has 2 atom stereocenters. The van der Waals surface area contributed by atoms with E-state index >= 15 is 0 Å². The average Bonchev–Trinajstić information content (AvgIpc) is 3.32. The Labute approximate surface area is 199 Å². The number of carbonyl (C=O) groups excluding carboxylic acids is 2. The smallest absolute Gasteiger partial charge is 0.276 e. The average molecular weight is 464 g/mol. The van der Waals surface area contributed by atoms with Gasteiger partial charge in [0.1, 0.15) is 11.9 Å². The summed E-state index contributed by atoms with van der Waals surface area (Å²) in [4.78, 5) is 30.9. The molecule has 0 aliphatic carbocycles. The van der Waals surface area contributed by atoms with Crippen LogP contribution in [0.25, 0.3) is 11.3 Å². The molecule has 1 saturated heterocycles. The number of nitrogens with zero attached hydrogens (tertiary/aromatic N) is 3. The van der Waals surface area contributed by atoms with Crippen LogP contribution in [0.5, 0.6) is 0 Å². The summed E-state index contributed by atoms with van der Waals surface area (Å²) in [5, 5.41) is 4.00. The minimum atomic E-state index is -0.565. The van der Waals surface area contributed by atoms with Crippen LogP contribution < -0.4 is 0 Å². The zero-order valence-corrected chi connectivity index (χ0v) is 19.8. The maximum atomic E-state index is 13.7. The fourth-order valence-corrected chi connectivity index (χ4v) is 4.53. The van der Waals surface area contributed by atoms with Crippen molar-refractivity contribution < 1.29 is 18.5 Å². The first-order chi connectivity index (χ1) is 16.4. The van der Waals surface area contributed by atoms with Gasteiger partial charge in [-0.05, 0) is 48.6 Å². The first-order valence-electron chi connectivity index (χ1n) is 11.8. The Morgan fingerprint density at radius 1 is 1.15 bits per heavy atom. The normalized spacial score (nSPS) is 18.6.